The van der Waals surface area contributed by atoms with Crippen molar-refractivity contribution in [2.75, 3.05) is 20.8 Å². The first-order valence-corrected chi connectivity index (χ1v) is 7.97. The van der Waals surface area contributed by atoms with Crippen LogP contribution in [-0.4, -0.2) is 31.6 Å². The fraction of sp³-hybridized carbons (Fsp3) is 0.294. The van der Waals surface area contributed by atoms with E-state index in [0.29, 0.717) is 45.0 Å². The second-order valence-corrected chi connectivity index (χ2v) is 5.61. The average molecular weight is 370 g/mol. The summed E-state index contributed by atoms with van der Waals surface area (Å²) in [5.74, 6) is 0.999. The highest BCUT2D eigenvalue weighted by atomic mass is 35.5. The summed E-state index contributed by atoms with van der Waals surface area (Å²) in [6.07, 6.45) is 2.92. The third-order valence-corrected chi connectivity index (χ3v) is 4.03. The van der Waals surface area contributed by atoms with E-state index in [1.807, 2.05) is 6.92 Å². The number of hydrogen-bond acceptors (Lipinski definition) is 5. The Morgan fingerprint density at radius 3 is 2.29 bits per heavy atom. The number of halogens is 2. The zero-order valence-electron chi connectivity index (χ0n) is 13.6. The molecule has 1 heterocycles. The SMILES string of the molecule is CCOc1c(OC)ccc(C(=O)Cc2c(Cl)cncc2Cl)c1OC. The maximum absolute atomic E-state index is 12.7. The lowest BCUT2D eigenvalue weighted by molar-refractivity contribution is 0.0989. The van der Waals surface area contributed by atoms with Crippen LogP contribution >= 0.6 is 23.2 Å². The van der Waals surface area contributed by atoms with Gasteiger partial charge in [-0.2, -0.15) is 0 Å². The lowest BCUT2D eigenvalue weighted by Crippen LogP contribution is -2.09. The van der Waals surface area contributed by atoms with Crippen LogP contribution < -0.4 is 14.2 Å². The summed E-state index contributed by atoms with van der Waals surface area (Å²) < 4.78 is 16.2. The Bertz CT molecular complexity index is 729. The fourth-order valence-corrected chi connectivity index (χ4v) is 2.77. The number of hydrogen-bond donors (Lipinski definition) is 0. The van der Waals surface area contributed by atoms with Gasteiger partial charge >= 0.3 is 0 Å². The number of methoxy groups -OCH3 is 2. The predicted octanol–water partition coefficient (Wildman–Crippen LogP) is 4.23. The molecule has 1 aromatic heterocycles. The first-order valence-electron chi connectivity index (χ1n) is 7.22. The van der Waals surface area contributed by atoms with E-state index in [-0.39, 0.29) is 12.2 Å². The van der Waals surface area contributed by atoms with Gasteiger partial charge in [-0.3, -0.25) is 9.78 Å². The summed E-state index contributed by atoms with van der Waals surface area (Å²) in [7, 11) is 3.00. The van der Waals surface area contributed by atoms with Gasteiger partial charge in [-0.25, -0.2) is 0 Å². The molecule has 7 heteroatoms. The standard InChI is InChI=1S/C17H17Cl2NO4/c1-4-24-17-15(22-2)6-5-10(16(17)23-3)14(21)7-11-12(18)8-20-9-13(11)19/h5-6,8-9H,4,7H2,1-3H3. The maximum atomic E-state index is 12.7. The Hall–Kier alpha value is -1.98. The van der Waals surface area contributed by atoms with Gasteiger partial charge in [0.2, 0.25) is 5.75 Å². The number of ether oxygens (including phenoxy) is 3. The van der Waals surface area contributed by atoms with Crippen LogP contribution in [0.15, 0.2) is 24.5 Å². The van der Waals surface area contributed by atoms with Gasteiger partial charge in [0, 0.05) is 24.4 Å². The van der Waals surface area contributed by atoms with Crippen molar-refractivity contribution >= 4 is 29.0 Å². The van der Waals surface area contributed by atoms with Crippen LogP contribution in [0, 0.1) is 0 Å². The molecular weight excluding hydrogens is 353 g/mol. The van der Waals surface area contributed by atoms with Crippen molar-refractivity contribution in [3.8, 4) is 17.2 Å². The van der Waals surface area contributed by atoms with E-state index in [9.17, 15) is 4.79 Å². The molecule has 5 nitrogen and oxygen atoms in total. The molecule has 1 aromatic carbocycles. The first-order chi connectivity index (χ1) is 11.5. The van der Waals surface area contributed by atoms with Crippen LogP contribution in [0.3, 0.4) is 0 Å². The number of rotatable bonds is 7. The van der Waals surface area contributed by atoms with E-state index in [1.165, 1.54) is 26.6 Å². The van der Waals surface area contributed by atoms with E-state index in [0.717, 1.165) is 0 Å². The first kappa shape index (κ1) is 18.4. The Labute approximate surface area is 150 Å². The normalized spacial score (nSPS) is 10.4. The molecule has 0 aliphatic heterocycles. The summed E-state index contributed by atoms with van der Waals surface area (Å²) in [6, 6.07) is 3.29. The Morgan fingerprint density at radius 1 is 1.08 bits per heavy atom. The number of pyridine rings is 1. The number of aromatic nitrogens is 1. The monoisotopic (exact) mass is 369 g/mol. The van der Waals surface area contributed by atoms with Crippen LogP contribution in [-0.2, 0) is 6.42 Å². The van der Waals surface area contributed by atoms with Gasteiger partial charge in [0.1, 0.15) is 0 Å². The topological polar surface area (TPSA) is 57.7 Å². The van der Waals surface area contributed by atoms with Crippen molar-refractivity contribution in [1.29, 1.82) is 0 Å². The molecule has 0 N–H and O–H groups in total. The predicted molar refractivity (Wildman–Crippen MR) is 93.0 cm³/mol. The molecule has 0 spiro atoms. The molecule has 0 fully saturated rings. The zero-order chi connectivity index (χ0) is 17.7. The van der Waals surface area contributed by atoms with Gasteiger partial charge in [-0.1, -0.05) is 23.2 Å². The summed E-state index contributed by atoms with van der Waals surface area (Å²) >= 11 is 12.2. The second kappa shape index (κ2) is 8.22. The smallest absolute Gasteiger partial charge is 0.204 e. The zero-order valence-corrected chi connectivity index (χ0v) is 15.1. The van der Waals surface area contributed by atoms with E-state index in [4.69, 9.17) is 37.4 Å². The molecule has 0 aliphatic rings. The van der Waals surface area contributed by atoms with E-state index < -0.39 is 0 Å². The fourth-order valence-electron chi connectivity index (χ4n) is 2.27. The van der Waals surface area contributed by atoms with E-state index in [1.54, 1.807) is 12.1 Å². The second-order valence-electron chi connectivity index (χ2n) is 4.79. The third-order valence-electron chi connectivity index (χ3n) is 3.38. The van der Waals surface area contributed by atoms with Gasteiger partial charge in [0.15, 0.2) is 17.3 Å². The number of Topliss-reactive ketones (excluding diaryl/α,β-unsaturated/α-hetero) is 1. The highest BCUT2D eigenvalue weighted by Gasteiger charge is 2.22. The lowest BCUT2D eigenvalue weighted by atomic mass is 10.0. The molecule has 0 saturated heterocycles. The minimum atomic E-state index is -0.203. The Morgan fingerprint density at radius 2 is 1.75 bits per heavy atom. The van der Waals surface area contributed by atoms with Crippen molar-refractivity contribution in [2.24, 2.45) is 0 Å². The summed E-state index contributed by atoms with van der Waals surface area (Å²) in [5, 5.41) is 0.682. The highest BCUT2D eigenvalue weighted by Crippen LogP contribution is 2.40. The maximum Gasteiger partial charge on any atom is 0.204 e. The molecule has 0 radical (unpaired) electrons. The molecule has 0 aliphatic carbocycles. The molecule has 2 rings (SSSR count). The van der Waals surface area contributed by atoms with Crippen molar-refractivity contribution in [3.05, 3.63) is 45.7 Å². The number of carbonyl (C=O) groups excluding carboxylic acids is 1. The minimum absolute atomic E-state index is 0.0223. The van der Waals surface area contributed by atoms with Crippen LogP contribution in [0.1, 0.15) is 22.8 Å². The largest absolute Gasteiger partial charge is 0.493 e. The molecule has 0 bridgehead atoms. The quantitative estimate of drug-likeness (QED) is 0.683. The summed E-state index contributed by atoms with van der Waals surface area (Å²) in [5.41, 5.74) is 0.889. The molecule has 0 amide bonds. The van der Waals surface area contributed by atoms with Crippen molar-refractivity contribution < 1.29 is 19.0 Å². The Balaban J connectivity index is 2.44. The summed E-state index contributed by atoms with van der Waals surface area (Å²) in [4.78, 5) is 16.6. The van der Waals surface area contributed by atoms with Crippen molar-refractivity contribution in [3.63, 3.8) is 0 Å². The van der Waals surface area contributed by atoms with Gasteiger partial charge in [-0.05, 0) is 19.1 Å². The average Bonchev–Trinajstić information content (AvgIpc) is 2.58. The van der Waals surface area contributed by atoms with Crippen molar-refractivity contribution in [2.45, 2.75) is 13.3 Å². The van der Waals surface area contributed by atoms with Crippen LogP contribution in [0.2, 0.25) is 10.0 Å². The molecule has 0 atom stereocenters. The van der Waals surface area contributed by atoms with Gasteiger partial charge < -0.3 is 14.2 Å². The van der Waals surface area contributed by atoms with Crippen LogP contribution in [0.5, 0.6) is 17.2 Å². The van der Waals surface area contributed by atoms with Gasteiger partial charge in [0.05, 0.1) is 36.4 Å². The number of nitrogens with zero attached hydrogens (tertiary/aromatic N) is 1. The molecule has 128 valence electrons. The minimum Gasteiger partial charge on any atom is -0.493 e. The van der Waals surface area contributed by atoms with E-state index in [2.05, 4.69) is 4.98 Å². The highest BCUT2D eigenvalue weighted by molar-refractivity contribution is 6.36. The van der Waals surface area contributed by atoms with Gasteiger partial charge in [0.25, 0.3) is 0 Å². The number of ketones is 1. The molecule has 2 aromatic rings. The van der Waals surface area contributed by atoms with E-state index >= 15 is 0 Å². The third kappa shape index (κ3) is 3.74. The lowest BCUT2D eigenvalue weighted by Gasteiger charge is -2.16. The Kier molecular flexibility index (Phi) is 6.29. The molecular formula is C17H17Cl2NO4. The van der Waals surface area contributed by atoms with Crippen LogP contribution in [0.4, 0.5) is 0 Å². The van der Waals surface area contributed by atoms with Crippen LogP contribution in [0.25, 0.3) is 0 Å². The molecule has 24 heavy (non-hydrogen) atoms. The number of carbonyl (C=O) groups is 1. The molecule has 0 saturated carbocycles. The molecule has 0 unspecified atom stereocenters. The number of benzene rings is 1. The van der Waals surface area contributed by atoms with Crippen molar-refractivity contribution in [1.82, 2.24) is 4.98 Å². The summed E-state index contributed by atoms with van der Waals surface area (Å²) in [6.45, 7) is 2.25. The van der Waals surface area contributed by atoms with Gasteiger partial charge in [-0.15, -0.1) is 0 Å².